The summed E-state index contributed by atoms with van der Waals surface area (Å²) in [5.41, 5.74) is 2.48. The molecule has 9 heteroatoms. The van der Waals surface area contributed by atoms with Crippen LogP contribution in [-0.2, 0) is 4.79 Å². The SMILES string of the molecule is CC(=O)c1ccc(N2CCN(C(=O)CC[C@H]3Nc4c5ccccc5nc(=S)n4C3=O)CC2)cc1. The van der Waals surface area contributed by atoms with E-state index in [9.17, 15) is 14.4 Å². The van der Waals surface area contributed by atoms with Crippen molar-refractivity contribution in [2.45, 2.75) is 25.8 Å². The fourth-order valence-corrected chi connectivity index (χ4v) is 4.89. The van der Waals surface area contributed by atoms with Gasteiger partial charge in [-0.25, -0.2) is 9.55 Å². The highest BCUT2D eigenvalue weighted by Gasteiger charge is 2.32. The molecule has 1 amide bonds. The van der Waals surface area contributed by atoms with Crippen LogP contribution in [0.5, 0.6) is 0 Å². The number of carbonyl (C=O) groups is 3. The van der Waals surface area contributed by atoms with Gasteiger partial charge in [-0.3, -0.25) is 14.4 Å². The third-order valence-corrected chi connectivity index (χ3v) is 6.81. The Morgan fingerprint density at radius 1 is 1.06 bits per heavy atom. The zero-order valence-corrected chi connectivity index (χ0v) is 19.7. The van der Waals surface area contributed by atoms with Crippen LogP contribution in [0.4, 0.5) is 11.5 Å². The fraction of sp³-hybridized carbons (Fsp3) is 0.320. The first-order chi connectivity index (χ1) is 16.4. The summed E-state index contributed by atoms with van der Waals surface area (Å²) >= 11 is 5.34. The Morgan fingerprint density at radius 2 is 1.76 bits per heavy atom. The van der Waals surface area contributed by atoms with E-state index in [4.69, 9.17) is 12.2 Å². The Bertz CT molecular complexity index is 1340. The second-order valence-corrected chi connectivity index (χ2v) is 9.01. The first-order valence-electron chi connectivity index (χ1n) is 11.4. The summed E-state index contributed by atoms with van der Waals surface area (Å²) in [5, 5.41) is 4.11. The molecule has 174 valence electrons. The number of hydrogen-bond donors (Lipinski definition) is 1. The summed E-state index contributed by atoms with van der Waals surface area (Å²) in [4.78, 5) is 45.7. The zero-order chi connectivity index (χ0) is 23.8. The van der Waals surface area contributed by atoms with E-state index < -0.39 is 6.04 Å². The molecule has 1 fully saturated rings. The van der Waals surface area contributed by atoms with Crippen molar-refractivity contribution in [1.29, 1.82) is 0 Å². The number of benzene rings is 2. The van der Waals surface area contributed by atoms with Crippen molar-refractivity contribution in [3.8, 4) is 0 Å². The van der Waals surface area contributed by atoms with E-state index in [-0.39, 0.29) is 28.8 Å². The molecule has 0 radical (unpaired) electrons. The van der Waals surface area contributed by atoms with Crippen molar-refractivity contribution < 1.29 is 14.4 Å². The van der Waals surface area contributed by atoms with Gasteiger partial charge in [0.2, 0.25) is 10.7 Å². The Hall–Kier alpha value is -3.59. The predicted molar refractivity (Wildman–Crippen MR) is 133 cm³/mol. The standard InChI is InChI=1S/C25H25N5O3S/c1-16(31)17-6-8-18(9-7-17)28-12-14-29(15-13-28)22(32)11-10-21-24(33)30-23(26-21)19-4-2-3-5-20(19)27-25(30)34/h2-9,21,26H,10-15H2,1H3/t21-/m1/s1. The number of aromatic nitrogens is 2. The van der Waals surface area contributed by atoms with Gasteiger partial charge in [0.15, 0.2) is 5.78 Å². The Balaban J connectivity index is 1.18. The molecule has 2 aliphatic rings. The Labute approximate surface area is 202 Å². The normalized spacial score (nSPS) is 17.6. The minimum Gasteiger partial charge on any atom is -0.368 e. The van der Waals surface area contributed by atoms with Crippen molar-refractivity contribution >= 4 is 52.2 Å². The van der Waals surface area contributed by atoms with Gasteiger partial charge in [-0.15, -0.1) is 0 Å². The first kappa shape index (κ1) is 22.2. The summed E-state index contributed by atoms with van der Waals surface area (Å²) in [5.74, 6) is 0.586. The Kier molecular flexibility index (Phi) is 5.87. The molecular formula is C25H25N5O3S. The molecule has 1 atom stereocenters. The monoisotopic (exact) mass is 475 g/mol. The largest absolute Gasteiger partial charge is 0.368 e. The molecule has 1 N–H and O–H groups in total. The third kappa shape index (κ3) is 4.07. The second-order valence-electron chi connectivity index (χ2n) is 8.64. The van der Waals surface area contributed by atoms with Crippen LogP contribution in [0.2, 0.25) is 0 Å². The van der Waals surface area contributed by atoms with Gasteiger partial charge in [0.05, 0.1) is 5.52 Å². The van der Waals surface area contributed by atoms with Crippen LogP contribution in [0.15, 0.2) is 48.5 Å². The maximum atomic E-state index is 13.0. The lowest BCUT2D eigenvalue weighted by atomic mass is 10.1. The summed E-state index contributed by atoms with van der Waals surface area (Å²) in [7, 11) is 0. The number of para-hydroxylation sites is 1. The van der Waals surface area contributed by atoms with E-state index >= 15 is 0 Å². The molecule has 5 rings (SSSR count). The van der Waals surface area contributed by atoms with Gasteiger partial charge in [-0.2, -0.15) is 0 Å². The van der Waals surface area contributed by atoms with E-state index in [1.54, 1.807) is 6.92 Å². The van der Waals surface area contributed by atoms with Crippen LogP contribution in [-0.4, -0.2) is 64.3 Å². The zero-order valence-electron chi connectivity index (χ0n) is 18.9. The molecule has 1 saturated heterocycles. The molecule has 0 unspecified atom stereocenters. The van der Waals surface area contributed by atoms with Crippen molar-refractivity contribution in [1.82, 2.24) is 14.5 Å². The van der Waals surface area contributed by atoms with Crippen molar-refractivity contribution in [2.24, 2.45) is 0 Å². The number of Topliss-reactive ketones (excluding diaryl/α,β-unsaturated/α-hetero) is 1. The van der Waals surface area contributed by atoms with Gasteiger partial charge in [0.25, 0.3) is 5.91 Å². The number of fused-ring (bicyclic) bond motifs is 3. The molecular weight excluding hydrogens is 450 g/mol. The number of nitrogens with zero attached hydrogens (tertiary/aromatic N) is 4. The van der Waals surface area contributed by atoms with Crippen molar-refractivity contribution in [3.05, 3.63) is 58.9 Å². The van der Waals surface area contributed by atoms with Crippen LogP contribution in [0.3, 0.4) is 0 Å². The number of nitrogens with one attached hydrogen (secondary N) is 1. The van der Waals surface area contributed by atoms with E-state index in [0.717, 1.165) is 29.7 Å². The highest BCUT2D eigenvalue weighted by molar-refractivity contribution is 7.71. The summed E-state index contributed by atoms with van der Waals surface area (Å²) in [6.07, 6.45) is 0.679. The number of ketones is 1. The van der Waals surface area contributed by atoms with Crippen LogP contribution in [0, 0.1) is 4.77 Å². The lowest BCUT2D eigenvalue weighted by Crippen LogP contribution is -2.49. The quantitative estimate of drug-likeness (QED) is 0.446. The number of rotatable bonds is 5. The molecule has 3 heterocycles. The minimum absolute atomic E-state index is 0.0451. The fourth-order valence-electron chi connectivity index (χ4n) is 4.61. The average molecular weight is 476 g/mol. The van der Waals surface area contributed by atoms with E-state index in [2.05, 4.69) is 15.2 Å². The highest BCUT2D eigenvalue weighted by Crippen LogP contribution is 2.29. The number of hydrogen-bond acceptors (Lipinski definition) is 7. The number of carbonyl (C=O) groups excluding carboxylic acids is 3. The maximum Gasteiger partial charge on any atom is 0.257 e. The third-order valence-electron chi connectivity index (χ3n) is 6.54. The average Bonchev–Trinajstić information content (AvgIpc) is 3.19. The number of amides is 1. The molecule has 34 heavy (non-hydrogen) atoms. The minimum atomic E-state index is -0.501. The predicted octanol–water partition coefficient (Wildman–Crippen LogP) is 3.53. The molecule has 0 spiro atoms. The smallest absolute Gasteiger partial charge is 0.257 e. The Morgan fingerprint density at radius 3 is 2.47 bits per heavy atom. The number of anilines is 2. The second kappa shape index (κ2) is 8.98. The van der Waals surface area contributed by atoms with E-state index in [1.807, 2.05) is 53.4 Å². The highest BCUT2D eigenvalue weighted by atomic mass is 32.1. The van der Waals surface area contributed by atoms with Crippen molar-refractivity contribution in [2.75, 3.05) is 36.4 Å². The van der Waals surface area contributed by atoms with Gasteiger partial charge in [0.1, 0.15) is 11.9 Å². The summed E-state index contributed by atoms with van der Waals surface area (Å²) in [6, 6.07) is 14.6. The lowest BCUT2D eigenvalue weighted by molar-refractivity contribution is -0.131. The van der Waals surface area contributed by atoms with Gasteiger partial charge in [-0.05, 0) is 62.0 Å². The van der Waals surface area contributed by atoms with Gasteiger partial charge in [0, 0.05) is 49.2 Å². The van der Waals surface area contributed by atoms with Crippen molar-refractivity contribution in [3.63, 3.8) is 0 Å². The summed E-state index contributed by atoms with van der Waals surface area (Å²) < 4.78 is 1.68. The van der Waals surface area contributed by atoms with E-state index in [0.29, 0.717) is 30.9 Å². The van der Waals surface area contributed by atoms with Gasteiger partial charge in [-0.1, -0.05) is 12.1 Å². The molecule has 0 aliphatic carbocycles. The van der Waals surface area contributed by atoms with Crippen LogP contribution in [0.25, 0.3) is 10.9 Å². The molecule has 3 aromatic rings. The summed E-state index contributed by atoms with van der Waals surface area (Å²) in [6.45, 7) is 4.26. The topological polar surface area (TPSA) is 87.5 Å². The molecule has 2 aromatic carbocycles. The first-order valence-corrected chi connectivity index (χ1v) is 11.8. The van der Waals surface area contributed by atoms with Crippen LogP contribution in [0.1, 0.15) is 34.9 Å². The van der Waals surface area contributed by atoms with Gasteiger partial charge < -0.3 is 15.1 Å². The van der Waals surface area contributed by atoms with Crippen LogP contribution >= 0.6 is 12.2 Å². The molecule has 0 bridgehead atoms. The van der Waals surface area contributed by atoms with Gasteiger partial charge >= 0.3 is 0 Å². The van der Waals surface area contributed by atoms with E-state index in [1.165, 1.54) is 4.57 Å². The van der Waals surface area contributed by atoms with Crippen LogP contribution < -0.4 is 10.2 Å². The molecule has 2 aliphatic heterocycles. The molecule has 1 aromatic heterocycles. The molecule has 0 saturated carbocycles. The lowest BCUT2D eigenvalue weighted by Gasteiger charge is -2.36. The number of piperazine rings is 1. The maximum absolute atomic E-state index is 13.0. The molecule has 8 nitrogen and oxygen atoms in total.